The Bertz CT molecular complexity index is 1250. The maximum absolute atomic E-state index is 12.2. The van der Waals surface area contributed by atoms with Gasteiger partial charge in [0, 0.05) is 0 Å². The number of benzene rings is 2. The van der Waals surface area contributed by atoms with E-state index >= 15 is 0 Å². The van der Waals surface area contributed by atoms with Crippen LogP contribution in [-0.4, -0.2) is 43.0 Å². The third kappa shape index (κ3) is 23.3. The van der Waals surface area contributed by atoms with Gasteiger partial charge < -0.3 is 24.6 Å². The van der Waals surface area contributed by atoms with Crippen molar-refractivity contribution in [2.24, 2.45) is 11.3 Å². The van der Waals surface area contributed by atoms with E-state index in [4.69, 9.17) is 19.3 Å². The molecule has 1 amide bonds. The van der Waals surface area contributed by atoms with Crippen LogP contribution in [0.5, 0.6) is 5.75 Å². The van der Waals surface area contributed by atoms with Gasteiger partial charge >= 0.3 is 18.0 Å². The number of ether oxygens (including phenoxy) is 3. The molecule has 0 heterocycles. The molecule has 0 saturated heterocycles. The van der Waals surface area contributed by atoms with Crippen molar-refractivity contribution >= 4 is 18.0 Å². The second-order valence-corrected chi connectivity index (χ2v) is 15.2. The number of hydrogen-bond donors (Lipinski definition) is 2. The van der Waals surface area contributed by atoms with Gasteiger partial charge in [0.2, 0.25) is 0 Å². The minimum absolute atomic E-state index is 0. The lowest BCUT2D eigenvalue weighted by atomic mass is 9.80. The fourth-order valence-electron chi connectivity index (χ4n) is 5.27. The molecular weight excluding hydrogens is 679 g/mol. The van der Waals surface area contributed by atoms with E-state index < -0.39 is 23.0 Å². The molecule has 2 rings (SSSR count). The van der Waals surface area contributed by atoms with Gasteiger partial charge in [-0.3, -0.25) is 9.59 Å². The summed E-state index contributed by atoms with van der Waals surface area (Å²) in [6.45, 7) is 22.8. The first-order valence-electron chi connectivity index (χ1n) is 19.6. The van der Waals surface area contributed by atoms with Crippen LogP contribution in [0.3, 0.4) is 0 Å². The molecule has 0 aliphatic rings. The third-order valence-electron chi connectivity index (χ3n) is 9.40. The molecule has 0 aliphatic carbocycles. The van der Waals surface area contributed by atoms with Gasteiger partial charge in [-0.2, -0.15) is 0 Å². The number of carboxylic acid groups (broad SMARTS) is 1. The van der Waals surface area contributed by atoms with Crippen LogP contribution in [0.15, 0.2) is 54.6 Å². The van der Waals surface area contributed by atoms with Crippen LogP contribution in [0.2, 0.25) is 0 Å². The maximum Gasteiger partial charge on any atom is 0.407 e. The van der Waals surface area contributed by atoms with Crippen molar-refractivity contribution in [3.05, 3.63) is 65.7 Å². The van der Waals surface area contributed by atoms with Crippen LogP contribution >= 0.6 is 0 Å². The molecule has 2 aromatic rings. The fraction of sp³-hybridized carbons (Fsp3) is 0.674. The summed E-state index contributed by atoms with van der Waals surface area (Å²) in [5.74, 6) is -0.743. The Balaban J connectivity index is -0.000000816. The molecule has 2 N–H and O–H groups in total. The van der Waals surface area contributed by atoms with E-state index in [9.17, 15) is 14.4 Å². The Morgan fingerprint density at radius 3 is 1.72 bits per heavy atom. The molecule has 0 aromatic heterocycles. The molecule has 0 aliphatic heterocycles. The molecule has 0 spiro atoms. The molecule has 54 heavy (non-hydrogen) atoms. The number of nitrogens with one attached hydrogen (secondary N) is 1. The van der Waals surface area contributed by atoms with E-state index in [0.717, 1.165) is 17.7 Å². The van der Waals surface area contributed by atoms with Crippen LogP contribution in [0, 0.1) is 11.3 Å². The quantitative estimate of drug-likeness (QED) is 0.0962. The van der Waals surface area contributed by atoms with Crippen molar-refractivity contribution in [2.45, 2.75) is 173 Å². The Morgan fingerprint density at radius 2 is 1.24 bits per heavy atom. The van der Waals surface area contributed by atoms with Crippen molar-refractivity contribution in [3.63, 3.8) is 0 Å². The minimum atomic E-state index is -0.884. The third-order valence-corrected chi connectivity index (χ3v) is 9.40. The van der Waals surface area contributed by atoms with Gasteiger partial charge in [0.25, 0.3) is 0 Å². The molecule has 8 heteroatoms. The van der Waals surface area contributed by atoms with Crippen molar-refractivity contribution in [1.29, 1.82) is 0 Å². The molecule has 0 radical (unpaired) electrons. The highest BCUT2D eigenvalue weighted by Gasteiger charge is 2.33. The minimum Gasteiger partial charge on any atom is -0.490 e. The summed E-state index contributed by atoms with van der Waals surface area (Å²) < 4.78 is 15.7. The number of amides is 1. The van der Waals surface area contributed by atoms with E-state index in [1.807, 2.05) is 63.2 Å². The van der Waals surface area contributed by atoms with Gasteiger partial charge in [0.15, 0.2) is 0 Å². The number of rotatable bonds is 21. The lowest BCUT2D eigenvalue weighted by molar-refractivity contribution is -0.153. The lowest BCUT2D eigenvalue weighted by Gasteiger charge is -2.29. The van der Waals surface area contributed by atoms with Crippen molar-refractivity contribution < 1.29 is 33.7 Å². The van der Waals surface area contributed by atoms with Crippen molar-refractivity contribution in [2.75, 3.05) is 19.8 Å². The van der Waals surface area contributed by atoms with Gasteiger partial charge in [0.05, 0.1) is 23.5 Å². The topological polar surface area (TPSA) is 111 Å². The van der Waals surface area contributed by atoms with E-state index in [0.29, 0.717) is 26.1 Å². The first kappa shape index (κ1) is 54.8. The summed E-state index contributed by atoms with van der Waals surface area (Å²) >= 11 is 0. The zero-order chi connectivity index (χ0) is 39.6. The Labute approximate surface area is 331 Å². The molecule has 2 aromatic carbocycles. The Morgan fingerprint density at radius 1 is 0.704 bits per heavy atom. The summed E-state index contributed by atoms with van der Waals surface area (Å²) in [5.41, 5.74) is 1.01. The maximum atomic E-state index is 12.2. The normalized spacial score (nSPS) is 11.5. The SMILES string of the molecule is C.C.CCC(C)(C)c1cccc(C(C)(C)NC(=O)OCCOc2ccccc2)c1.CCCCCCCCCC.CCOC(=O)C(CC)CC(C)(C)C(=O)O. The van der Waals surface area contributed by atoms with E-state index in [-0.39, 0.29) is 38.8 Å². The average Bonchev–Trinajstić information content (AvgIpc) is 3.11. The number of carbonyl (C=O) groups is 3. The molecular formula is C46H81NO7. The smallest absolute Gasteiger partial charge is 0.407 e. The summed E-state index contributed by atoms with van der Waals surface area (Å²) in [6.07, 6.45) is 13.0. The predicted molar refractivity (Wildman–Crippen MR) is 227 cm³/mol. The van der Waals surface area contributed by atoms with Gasteiger partial charge in [-0.15, -0.1) is 0 Å². The number of para-hydroxylation sites is 1. The molecule has 0 saturated carbocycles. The van der Waals surface area contributed by atoms with Crippen LogP contribution in [0.25, 0.3) is 0 Å². The van der Waals surface area contributed by atoms with Crippen LogP contribution in [0.4, 0.5) is 4.79 Å². The summed E-state index contributed by atoms with van der Waals surface area (Å²) in [6, 6.07) is 17.9. The number of esters is 1. The first-order valence-corrected chi connectivity index (χ1v) is 19.6. The highest BCUT2D eigenvalue weighted by Crippen LogP contribution is 2.31. The first-order chi connectivity index (χ1) is 24.5. The van der Waals surface area contributed by atoms with E-state index in [2.05, 4.69) is 52.1 Å². The largest absolute Gasteiger partial charge is 0.490 e. The molecule has 1 unspecified atom stereocenters. The van der Waals surface area contributed by atoms with Crippen molar-refractivity contribution in [3.8, 4) is 5.75 Å². The average molecular weight is 760 g/mol. The van der Waals surface area contributed by atoms with Crippen LogP contribution in [-0.2, 0) is 30.0 Å². The molecule has 312 valence electrons. The zero-order valence-corrected chi connectivity index (χ0v) is 34.6. The number of carboxylic acids is 1. The monoisotopic (exact) mass is 760 g/mol. The Hall–Kier alpha value is -3.55. The summed E-state index contributed by atoms with van der Waals surface area (Å²) in [5, 5.41) is 11.9. The number of aliphatic carboxylic acids is 1. The molecule has 0 bridgehead atoms. The van der Waals surface area contributed by atoms with Crippen molar-refractivity contribution in [1.82, 2.24) is 5.32 Å². The molecule has 0 fully saturated rings. The second-order valence-electron chi connectivity index (χ2n) is 15.2. The second kappa shape index (κ2) is 29.8. The number of alkyl carbamates (subject to hydrolysis) is 1. The fourth-order valence-corrected chi connectivity index (χ4v) is 5.27. The Kier molecular flexibility index (Phi) is 30.2. The van der Waals surface area contributed by atoms with E-state index in [1.54, 1.807) is 20.8 Å². The van der Waals surface area contributed by atoms with Gasteiger partial charge in [0.1, 0.15) is 19.0 Å². The summed E-state index contributed by atoms with van der Waals surface area (Å²) in [4.78, 5) is 34.6. The van der Waals surface area contributed by atoms with Gasteiger partial charge in [-0.05, 0) is 82.6 Å². The highest BCUT2D eigenvalue weighted by atomic mass is 16.6. The van der Waals surface area contributed by atoms with Crippen LogP contribution < -0.4 is 10.1 Å². The highest BCUT2D eigenvalue weighted by molar-refractivity contribution is 5.77. The summed E-state index contributed by atoms with van der Waals surface area (Å²) in [7, 11) is 0. The number of hydrogen-bond acceptors (Lipinski definition) is 6. The van der Waals surface area contributed by atoms with Crippen LogP contribution in [0.1, 0.15) is 173 Å². The van der Waals surface area contributed by atoms with E-state index in [1.165, 1.54) is 56.9 Å². The van der Waals surface area contributed by atoms with Gasteiger partial charge in [-0.1, -0.05) is 150 Å². The zero-order valence-electron chi connectivity index (χ0n) is 34.6. The lowest BCUT2D eigenvalue weighted by Crippen LogP contribution is -2.41. The predicted octanol–water partition coefficient (Wildman–Crippen LogP) is 12.9. The number of carbonyl (C=O) groups excluding carboxylic acids is 2. The standard InChI is InChI=1S/C23H31NO3.C11H20O4.C10H22.2CH4/c1-6-22(2,3)18-11-10-12-19(17-18)23(4,5)24-21(25)27-16-15-26-20-13-8-7-9-14-20;1-5-8(9(12)15-6-2)7-11(3,4)10(13)14;1-3-5-7-9-10-8-6-4-2;;/h7-14,17H,6,15-16H2,1-5H3,(H,24,25);8H,5-7H2,1-4H3,(H,13,14);3-10H2,1-2H3;2*1H4. The number of unbranched alkanes of at least 4 members (excludes halogenated alkanes) is 7. The van der Waals surface area contributed by atoms with Gasteiger partial charge in [-0.25, -0.2) is 4.79 Å². The molecule has 8 nitrogen and oxygen atoms in total. The molecule has 1 atom stereocenters.